The second-order valence-corrected chi connectivity index (χ2v) is 17.4. The number of allylic oxidation sites excluding steroid dienone is 2. The fourth-order valence-electron chi connectivity index (χ4n) is 8.20. The van der Waals surface area contributed by atoms with E-state index in [2.05, 4.69) is 16.0 Å². The van der Waals surface area contributed by atoms with E-state index in [-0.39, 0.29) is 68.6 Å². The highest BCUT2D eigenvalue weighted by atomic mass is 16.5. The van der Waals surface area contributed by atoms with Crippen molar-refractivity contribution in [2.45, 2.75) is 135 Å². The average molecular weight is 917 g/mol. The van der Waals surface area contributed by atoms with Gasteiger partial charge in [-0.2, -0.15) is 0 Å². The Morgan fingerprint density at radius 1 is 0.909 bits per heavy atom. The fourth-order valence-corrected chi connectivity index (χ4v) is 8.20. The zero-order chi connectivity index (χ0) is 48.8. The van der Waals surface area contributed by atoms with E-state index in [1.165, 1.54) is 39.1 Å². The summed E-state index contributed by atoms with van der Waals surface area (Å²) in [7, 11) is 1.37. The lowest BCUT2D eigenvalue weighted by Gasteiger charge is -2.42. The number of piperidine rings is 1. The molecule has 8 atom stereocenters. The molecule has 0 spiro atoms. The minimum atomic E-state index is -1.71. The van der Waals surface area contributed by atoms with Gasteiger partial charge in [0.2, 0.25) is 29.5 Å². The minimum Gasteiger partial charge on any atom is -0.508 e. The lowest BCUT2D eigenvalue weighted by Crippen LogP contribution is -2.62. The molecule has 2 saturated heterocycles. The summed E-state index contributed by atoms with van der Waals surface area (Å²) in [4.78, 5) is 127. The van der Waals surface area contributed by atoms with Crippen LogP contribution in [-0.4, -0.2) is 117 Å². The number of esters is 1. The molecular formula is C48H64N6O12. The van der Waals surface area contributed by atoms with Crippen LogP contribution in [0, 0.1) is 17.8 Å². The van der Waals surface area contributed by atoms with E-state index in [9.17, 15) is 53.4 Å². The van der Waals surface area contributed by atoms with Gasteiger partial charge in [-0.1, -0.05) is 69.3 Å². The Kier molecular flexibility index (Phi) is 19.1. The number of ether oxygens (including phenoxy) is 1. The molecule has 4 rings (SSSR count). The molecule has 0 aliphatic carbocycles. The number of cyclic esters (lactones) is 1. The van der Waals surface area contributed by atoms with Gasteiger partial charge in [-0.25, -0.2) is 4.79 Å². The van der Waals surface area contributed by atoms with Crippen molar-refractivity contribution in [3.8, 4) is 5.75 Å². The van der Waals surface area contributed by atoms with Crippen LogP contribution in [0.25, 0.3) is 0 Å². The molecule has 8 unspecified atom stereocenters. The number of aromatic hydroxyl groups is 1. The number of rotatable bonds is 14. The Bertz CT molecular complexity index is 2130. The van der Waals surface area contributed by atoms with Gasteiger partial charge in [-0.05, 0) is 68.7 Å². The second-order valence-electron chi connectivity index (χ2n) is 17.4. The van der Waals surface area contributed by atoms with Gasteiger partial charge in [0.15, 0.2) is 5.78 Å². The third-order valence-corrected chi connectivity index (χ3v) is 12.0. The molecule has 0 radical (unpaired) electrons. The molecule has 0 saturated carbocycles. The maximum absolute atomic E-state index is 14.9. The van der Waals surface area contributed by atoms with Gasteiger partial charge in [0, 0.05) is 57.4 Å². The molecule has 2 aliphatic heterocycles. The topological polar surface area (TPSA) is 272 Å². The highest BCUT2D eigenvalue weighted by Crippen LogP contribution is 2.30. The van der Waals surface area contributed by atoms with Crippen molar-refractivity contribution in [3.05, 3.63) is 77.5 Å². The van der Waals surface area contributed by atoms with Crippen LogP contribution in [0.2, 0.25) is 0 Å². The van der Waals surface area contributed by atoms with E-state index < -0.39 is 108 Å². The lowest BCUT2D eigenvalue weighted by molar-refractivity contribution is -0.167. The van der Waals surface area contributed by atoms with Gasteiger partial charge in [-0.3, -0.25) is 38.4 Å². The van der Waals surface area contributed by atoms with Crippen molar-refractivity contribution in [2.75, 3.05) is 7.05 Å². The van der Waals surface area contributed by atoms with E-state index in [1.807, 2.05) is 0 Å². The van der Waals surface area contributed by atoms with Gasteiger partial charge in [0.1, 0.15) is 48.0 Å². The first-order valence-electron chi connectivity index (χ1n) is 22.5. The monoisotopic (exact) mass is 916 g/mol. The zero-order valence-corrected chi connectivity index (χ0v) is 38.5. The number of nitrogens with zero attached hydrogens (tertiary/aromatic N) is 2. The fraction of sp³-hybridized carbons (Fsp3) is 0.521. The van der Waals surface area contributed by atoms with Gasteiger partial charge >= 0.3 is 5.97 Å². The number of benzene rings is 2. The van der Waals surface area contributed by atoms with Crippen LogP contribution < -0.4 is 21.7 Å². The highest BCUT2D eigenvalue weighted by molar-refractivity contribution is 6.03. The number of aliphatic hydroxyl groups is 1. The number of likely N-dealkylation sites (N-methyl/N-ethyl adjacent to an activating group) is 1. The van der Waals surface area contributed by atoms with E-state index in [1.54, 1.807) is 63.2 Å². The molecule has 2 bridgehead atoms. The molecule has 6 amide bonds. The van der Waals surface area contributed by atoms with Crippen molar-refractivity contribution in [1.82, 2.24) is 25.8 Å². The van der Waals surface area contributed by atoms with E-state index in [4.69, 9.17) is 10.5 Å². The smallest absolute Gasteiger partial charge is 0.329 e. The molecule has 2 heterocycles. The van der Waals surface area contributed by atoms with Crippen molar-refractivity contribution >= 4 is 53.0 Å². The summed E-state index contributed by atoms with van der Waals surface area (Å²) < 4.78 is 5.83. The zero-order valence-electron chi connectivity index (χ0n) is 38.5. The first-order chi connectivity index (χ1) is 31.2. The maximum Gasteiger partial charge on any atom is 0.329 e. The number of nitrogens with one attached hydrogen (secondary N) is 3. The first-order valence-corrected chi connectivity index (χ1v) is 22.5. The molecular weight excluding hydrogens is 853 g/mol. The van der Waals surface area contributed by atoms with E-state index >= 15 is 0 Å². The summed E-state index contributed by atoms with van der Waals surface area (Å²) in [6, 6.07) is 8.84. The van der Waals surface area contributed by atoms with Crippen molar-refractivity contribution in [3.63, 3.8) is 0 Å². The van der Waals surface area contributed by atoms with Gasteiger partial charge < -0.3 is 46.4 Å². The molecule has 7 N–H and O–H groups in total. The van der Waals surface area contributed by atoms with E-state index in [0.29, 0.717) is 17.5 Å². The molecule has 0 aromatic heterocycles. The van der Waals surface area contributed by atoms with Crippen molar-refractivity contribution in [2.24, 2.45) is 23.5 Å². The number of amides is 6. The number of ketones is 2. The number of phenolic OH excluding ortho intramolecular Hbond substituents is 1. The van der Waals surface area contributed by atoms with Crippen LogP contribution in [0.4, 0.5) is 0 Å². The molecule has 2 aliphatic rings. The summed E-state index contributed by atoms with van der Waals surface area (Å²) in [5, 5.41) is 29.3. The molecule has 2 aromatic carbocycles. The highest BCUT2D eigenvalue weighted by Gasteiger charge is 2.45. The Morgan fingerprint density at radius 3 is 2.15 bits per heavy atom. The molecule has 18 heteroatoms. The summed E-state index contributed by atoms with van der Waals surface area (Å²) in [6.07, 6.45) is -2.27. The first kappa shape index (κ1) is 52.2. The Hall–Kier alpha value is -6.43. The van der Waals surface area contributed by atoms with Gasteiger partial charge in [-0.15, -0.1) is 0 Å². The number of aliphatic hydroxyl groups excluding tert-OH is 1. The van der Waals surface area contributed by atoms with Crippen LogP contribution >= 0.6 is 0 Å². The maximum atomic E-state index is 14.9. The number of hydrogen-bond acceptors (Lipinski definition) is 12. The number of carbonyl (C=O) groups is 9. The van der Waals surface area contributed by atoms with Crippen molar-refractivity contribution < 1.29 is 58.1 Å². The molecule has 2 aromatic rings. The van der Waals surface area contributed by atoms with Crippen LogP contribution in [0.15, 0.2) is 66.4 Å². The predicted molar refractivity (Wildman–Crippen MR) is 240 cm³/mol. The van der Waals surface area contributed by atoms with Gasteiger partial charge in [0.05, 0.1) is 5.70 Å². The largest absolute Gasteiger partial charge is 0.508 e. The number of carbonyl (C=O) groups excluding carboxylic acids is 9. The molecule has 358 valence electrons. The van der Waals surface area contributed by atoms with Crippen LogP contribution in [-0.2, 0) is 60.7 Å². The quantitative estimate of drug-likeness (QED) is 0.118. The number of Topliss-reactive ketones (excluding diaryl/α,β-unsaturated/α-hetero) is 2. The number of hydrogen-bond donors (Lipinski definition) is 6. The van der Waals surface area contributed by atoms with Crippen LogP contribution in [0.3, 0.4) is 0 Å². The number of fused-ring (bicyclic) bond motifs is 2. The number of nitrogens with two attached hydrogens (primary N) is 1. The summed E-state index contributed by atoms with van der Waals surface area (Å²) in [5.74, 6) is -9.63. The number of phenols is 1. The third kappa shape index (κ3) is 14.0. The Balaban J connectivity index is 1.85. The minimum absolute atomic E-state index is 0.0141. The third-order valence-electron chi connectivity index (χ3n) is 12.0. The van der Waals surface area contributed by atoms with E-state index in [0.717, 1.165) is 9.80 Å². The van der Waals surface area contributed by atoms with Crippen LogP contribution in [0.5, 0.6) is 5.75 Å². The SMILES string of the molecule is C/C=C1\NC(=O)C(NC(=O)C(CCC(N)=O)CC(=O)CCC)C(C)OC(=O)C(C(C)C)NC(=O)C(Cc2ccc(O)cc2)N(C)C(=O)C(Cc2ccccc2)N2C(=O)C(CCC2O)CC1=O. The van der Waals surface area contributed by atoms with Crippen LogP contribution in [0.1, 0.15) is 97.1 Å². The number of primary amides is 1. The molecule has 66 heavy (non-hydrogen) atoms. The summed E-state index contributed by atoms with van der Waals surface area (Å²) >= 11 is 0. The summed E-state index contributed by atoms with van der Waals surface area (Å²) in [6.45, 7) is 7.81. The normalized spacial score (nSPS) is 25.0. The van der Waals surface area contributed by atoms with Gasteiger partial charge in [0.25, 0.3) is 5.91 Å². The Labute approximate surface area is 385 Å². The summed E-state index contributed by atoms with van der Waals surface area (Å²) in [5.41, 5.74) is 6.27. The Morgan fingerprint density at radius 2 is 1.55 bits per heavy atom. The average Bonchev–Trinajstić information content (AvgIpc) is 3.27. The predicted octanol–water partition coefficient (Wildman–Crippen LogP) is 2.12. The second kappa shape index (κ2) is 24.2. The van der Waals surface area contributed by atoms with Crippen molar-refractivity contribution in [1.29, 1.82) is 0 Å². The molecule has 2 fully saturated rings. The molecule has 18 nitrogen and oxygen atoms in total. The lowest BCUT2D eigenvalue weighted by atomic mass is 9.88. The standard InChI is InChI=1S/C48H64N6O12/c1-7-12-34(56)25-31(17-21-39(49)58)43(60)52-42-28(5)66-48(65)41(27(3)4)51-44(61)36(23-30-15-19-33(55)20-16-30)53(6)47(64)37(24-29-13-10-9-11-14-29)54-40(59)22-18-32(46(54)63)26-38(57)35(8-2)50-45(42)62/h8-11,13-16,19-20,27-28,31-32,36-37,40-42,55,59H,7,12,17-18,21-26H2,1-6H3,(H2,49,58)(H,50,62)(H,51,61)(H,52,60)/b35-8-.